The molecule has 0 aliphatic carbocycles. The van der Waals surface area contributed by atoms with Crippen molar-refractivity contribution in [3.8, 4) is 0 Å². The van der Waals surface area contributed by atoms with Gasteiger partial charge in [0.05, 0.1) is 6.20 Å². The molecule has 0 aliphatic rings. The van der Waals surface area contributed by atoms with Gasteiger partial charge in [0.2, 0.25) is 0 Å². The van der Waals surface area contributed by atoms with Crippen molar-refractivity contribution in [1.82, 2.24) is 14.9 Å². The van der Waals surface area contributed by atoms with E-state index >= 15 is 0 Å². The molecule has 7 heteroatoms. The standard InChI is InChI=1S/C12H14ClN3O2S/c1-9(8-10-4-2-3-5-11(10)13)16-19(17,18)12-6-7-14-15-12/h2-7,9,16H,8H2,1H3,(H,14,15). The van der Waals surface area contributed by atoms with Gasteiger partial charge in [0.15, 0.2) is 5.03 Å². The van der Waals surface area contributed by atoms with Gasteiger partial charge in [-0.1, -0.05) is 29.8 Å². The summed E-state index contributed by atoms with van der Waals surface area (Å²) in [5, 5.41) is 6.75. The summed E-state index contributed by atoms with van der Waals surface area (Å²) in [5.41, 5.74) is 0.906. The monoisotopic (exact) mass is 299 g/mol. The van der Waals surface area contributed by atoms with Crippen LogP contribution in [0.25, 0.3) is 0 Å². The summed E-state index contributed by atoms with van der Waals surface area (Å²) < 4.78 is 26.5. The quantitative estimate of drug-likeness (QED) is 0.886. The van der Waals surface area contributed by atoms with Gasteiger partial charge in [-0.25, -0.2) is 13.1 Å². The molecule has 2 aromatic rings. The zero-order chi connectivity index (χ0) is 13.9. The van der Waals surface area contributed by atoms with E-state index in [9.17, 15) is 8.42 Å². The van der Waals surface area contributed by atoms with E-state index in [-0.39, 0.29) is 11.1 Å². The highest BCUT2D eigenvalue weighted by atomic mass is 35.5. The third kappa shape index (κ3) is 3.56. The fourth-order valence-corrected chi connectivity index (χ4v) is 3.12. The van der Waals surface area contributed by atoms with Crippen molar-refractivity contribution in [2.45, 2.75) is 24.4 Å². The number of sulfonamides is 1. The topological polar surface area (TPSA) is 74.8 Å². The average Bonchev–Trinajstić information content (AvgIpc) is 2.85. The molecule has 1 heterocycles. The maximum Gasteiger partial charge on any atom is 0.257 e. The van der Waals surface area contributed by atoms with Crippen molar-refractivity contribution in [1.29, 1.82) is 0 Å². The first-order chi connectivity index (χ1) is 8.99. The Labute approximate surface area is 117 Å². The highest BCUT2D eigenvalue weighted by Gasteiger charge is 2.19. The Bertz CT molecular complexity index is 641. The SMILES string of the molecule is CC(Cc1ccccc1Cl)NS(=O)(=O)c1ccn[nH]1. The lowest BCUT2D eigenvalue weighted by Crippen LogP contribution is -2.34. The third-order valence-electron chi connectivity index (χ3n) is 2.60. The maximum atomic E-state index is 12.0. The van der Waals surface area contributed by atoms with Crippen molar-refractivity contribution in [2.24, 2.45) is 0 Å². The lowest BCUT2D eigenvalue weighted by atomic mass is 10.1. The van der Waals surface area contributed by atoms with Crippen LogP contribution >= 0.6 is 11.6 Å². The van der Waals surface area contributed by atoms with E-state index in [0.717, 1.165) is 5.56 Å². The average molecular weight is 300 g/mol. The van der Waals surface area contributed by atoms with E-state index in [0.29, 0.717) is 11.4 Å². The fourth-order valence-electron chi connectivity index (χ4n) is 1.76. The maximum absolute atomic E-state index is 12.0. The zero-order valence-corrected chi connectivity index (χ0v) is 11.9. The van der Waals surface area contributed by atoms with Crippen LogP contribution in [0.5, 0.6) is 0 Å². The molecule has 5 nitrogen and oxygen atoms in total. The normalized spacial score (nSPS) is 13.4. The van der Waals surface area contributed by atoms with Gasteiger partial charge >= 0.3 is 0 Å². The zero-order valence-electron chi connectivity index (χ0n) is 10.3. The molecule has 0 amide bonds. The van der Waals surface area contributed by atoms with E-state index in [1.54, 1.807) is 13.0 Å². The van der Waals surface area contributed by atoms with Crippen molar-refractivity contribution in [2.75, 3.05) is 0 Å². The predicted molar refractivity (Wildman–Crippen MR) is 73.5 cm³/mol. The fraction of sp³-hybridized carbons (Fsp3) is 0.250. The minimum atomic E-state index is -3.56. The number of aromatic nitrogens is 2. The Balaban J connectivity index is 2.06. The summed E-state index contributed by atoms with van der Waals surface area (Å²) in [6.07, 6.45) is 1.92. The smallest absolute Gasteiger partial charge is 0.257 e. The minimum Gasteiger partial charge on any atom is -0.266 e. The number of nitrogens with one attached hydrogen (secondary N) is 2. The molecule has 2 N–H and O–H groups in total. The van der Waals surface area contributed by atoms with Crippen LogP contribution in [-0.4, -0.2) is 24.7 Å². The Morgan fingerprint density at radius 1 is 1.37 bits per heavy atom. The largest absolute Gasteiger partial charge is 0.266 e. The van der Waals surface area contributed by atoms with Crippen LogP contribution < -0.4 is 4.72 Å². The van der Waals surface area contributed by atoms with E-state index in [1.807, 2.05) is 18.2 Å². The highest BCUT2D eigenvalue weighted by Crippen LogP contribution is 2.17. The van der Waals surface area contributed by atoms with Gasteiger partial charge in [0.25, 0.3) is 10.0 Å². The molecule has 102 valence electrons. The minimum absolute atomic E-state index is 0.0542. The molecule has 0 bridgehead atoms. The molecular weight excluding hydrogens is 286 g/mol. The second-order valence-electron chi connectivity index (χ2n) is 4.24. The molecule has 0 fully saturated rings. The number of aromatic amines is 1. The van der Waals surface area contributed by atoms with Gasteiger partial charge in [-0.05, 0) is 31.0 Å². The molecule has 0 saturated heterocycles. The Hall–Kier alpha value is -1.37. The first-order valence-electron chi connectivity index (χ1n) is 5.74. The first kappa shape index (κ1) is 14.0. The Morgan fingerprint density at radius 3 is 2.74 bits per heavy atom. The number of halogens is 1. The number of nitrogens with zero attached hydrogens (tertiary/aromatic N) is 1. The van der Waals surface area contributed by atoms with Gasteiger partial charge in [-0.3, -0.25) is 5.10 Å². The second-order valence-corrected chi connectivity index (χ2v) is 6.33. The summed E-state index contributed by atoms with van der Waals surface area (Å²) in [4.78, 5) is 0. The molecule has 1 aromatic carbocycles. The van der Waals surface area contributed by atoms with Crippen molar-refractivity contribution < 1.29 is 8.42 Å². The molecule has 2 rings (SSSR count). The third-order valence-corrected chi connectivity index (χ3v) is 4.49. The van der Waals surface area contributed by atoms with Gasteiger partial charge in [0, 0.05) is 11.1 Å². The number of benzene rings is 1. The van der Waals surface area contributed by atoms with Crippen LogP contribution in [0.4, 0.5) is 0 Å². The molecule has 1 unspecified atom stereocenters. The molecule has 19 heavy (non-hydrogen) atoms. The molecule has 1 atom stereocenters. The number of rotatable bonds is 5. The van der Waals surface area contributed by atoms with Crippen LogP contribution in [0, 0.1) is 0 Å². The van der Waals surface area contributed by atoms with Crippen molar-refractivity contribution in [3.05, 3.63) is 47.1 Å². The molecule has 0 spiro atoms. The molecule has 0 aliphatic heterocycles. The molecule has 1 aromatic heterocycles. The van der Waals surface area contributed by atoms with E-state index < -0.39 is 10.0 Å². The van der Waals surface area contributed by atoms with E-state index in [2.05, 4.69) is 14.9 Å². The predicted octanol–water partition coefficient (Wildman–Crippen LogP) is 1.97. The number of hydrogen-bond acceptors (Lipinski definition) is 3. The van der Waals surface area contributed by atoms with Crippen LogP contribution in [-0.2, 0) is 16.4 Å². The number of H-pyrrole nitrogens is 1. The molecule has 0 saturated carbocycles. The highest BCUT2D eigenvalue weighted by molar-refractivity contribution is 7.89. The summed E-state index contributed by atoms with van der Waals surface area (Å²) in [6.45, 7) is 1.79. The lowest BCUT2D eigenvalue weighted by Gasteiger charge is -2.14. The van der Waals surface area contributed by atoms with Crippen LogP contribution in [0.2, 0.25) is 5.02 Å². The van der Waals surface area contributed by atoms with E-state index in [1.165, 1.54) is 12.3 Å². The Morgan fingerprint density at radius 2 is 2.11 bits per heavy atom. The lowest BCUT2D eigenvalue weighted by molar-refractivity contribution is 0.556. The summed E-state index contributed by atoms with van der Waals surface area (Å²) in [7, 11) is -3.56. The van der Waals surface area contributed by atoms with Crippen molar-refractivity contribution in [3.63, 3.8) is 0 Å². The number of hydrogen-bond donors (Lipinski definition) is 2. The van der Waals surface area contributed by atoms with Crippen LogP contribution in [0.3, 0.4) is 0 Å². The summed E-state index contributed by atoms with van der Waals surface area (Å²) in [5.74, 6) is 0. The van der Waals surface area contributed by atoms with E-state index in [4.69, 9.17) is 11.6 Å². The van der Waals surface area contributed by atoms with Gasteiger partial charge in [0.1, 0.15) is 0 Å². The van der Waals surface area contributed by atoms with Gasteiger partial charge in [-0.2, -0.15) is 5.10 Å². The van der Waals surface area contributed by atoms with Gasteiger partial charge in [-0.15, -0.1) is 0 Å². The van der Waals surface area contributed by atoms with Crippen molar-refractivity contribution >= 4 is 21.6 Å². The summed E-state index contributed by atoms with van der Waals surface area (Å²) in [6, 6.07) is 8.51. The second kappa shape index (κ2) is 5.73. The molecular formula is C12H14ClN3O2S. The Kier molecular flexibility index (Phi) is 4.24. The van der Waals surface area contributed by atoms with Crippen LogP contribution in [0.1, 0.15) is 12.5 Å². The van der Waals surface area contributed by atoms with Crippen LogP contribution in [0.15, 0.2) is 41.6 Å². The summed E-state index contributed by atoms with van der Waals surface area (Å²) >= 11 is 6.05. The first-order valence-corrected chi connectivity index (χ1v) is 7.60. The van der Waals surface area contributed by atoms with Gasteiger partial charge < -0.3 is 0 Å². The molecule has 0 radical (unpaired) electrons.